The van der Waals surface area contributed by atoms with Crippen LogP contribution in [0.15, 0.2) is 218 Å². The molecule has 8 aromatic rings. The van der Waals surface area contributed by atoms with E-state index in [0.29, 0.717) is 5.92 Å². The van der Waals surface area contributed by atoms with Crippen LogP contribution >= 0.6 is 0 Å². The Bertz CT molecular complexity index is 2520. The summed E-state index contributed by atoms with van der Waals surface area (Å²) in [7, 11) is 0. The Kier molecular flexibility index (Phi) is 8.40. The first-order chi connectivity index (χ1) is 25.8. The molecule has 0 heterocycles. The molecule has 0 fully saturated rings. The Morgan fingerprint density at radius 3 is 1.40 bits per heavy atom. The number of allylic oxidation sites excluding steroid dienone is 3. The summed E-state index contributed by atoms with van der Waals surface area (Å²) in [5.41, 5.74) is 10.7. The fourth-order valence-electron chi connectivity index (χ4n) is 7.56. The molecule has 1 atom stereocenters. The van der Waals surface area contributed by atoms with Crippen molar-refractivity contribution in [2.24, 2.45) is 0 Å². The molecule has 0 N–H and O–H groups in total. The van der Waals surface area contributed by atoms with Gasteiger partial charge in [-0.3, -0.25) is 0 Å². The minimum atomic E-state index is 0.324. The first kappa shape index (κ1) is 31.3. The SMILES string of the molecule is C1=CC(c2ccc(-c3ccc(N(c4ccccc4)c4cccc5ccccc45)cc3)cc2)CC=C1N(c1ccccc1)c1cccc2ccccc12. The summed E-state index contributed by atoms with van der Waals surface area (Å²) in [6, 6.07) is 69.8. The van der Waals surface area contributed by atoms with E-state index < -0.39 is 0 Å². The second-order valence-electron chi connectivity index (χ2n) is 13.3. The molecule has 0 amide bonds. The largest absolute Gasteiger partial charge is 0.310 e. The summed E-state index contributed by atoms with van der Waals surface area (Å²) in [6.45, 7) is 0. The third-order valence-electron chi connectivity index (χ3n) is 10.2. The van der Waals surface area contributed by atoms with Gasteiger partial charge in [0.15, 0.2) is 0 Å². The minimum absolute atomic E-state index is 0.324. The van der Waals surface area contributed by atoms with Crippen molar-refractivity contribution in [3.63, 3.8) is 0 Å². The maximum absolute atomic E-state index is 2.39. The van der Waals surface area contributed by atoms with E-state index in [0.717, 1.165) is 23.5 Å². The van der Waals surface area contributed by atoms with Crippen LogP contribution in [0.5, 0.6) is 0 Å². The van der Waals surface area contributed by atoms with Gasteiger partial charge in [-0.25, -0.2) is 0 Å². The van der Waals surface area contributed by atoms with Crippen molar-refractivity contribution in [1.82, 2.24) is 0 Å². The average Bonchev–Trinajstić information content (AvgIpc) is 3.23. The molecule has 1 aliphatic carbocycles. The van der Waals surface area contributed by atoms with Crippen LogP contribution in [-0.2, 0) is 0 Å². The van der Waals surface area contributed by atoms with Gasteiger partial charge in [-0.1, -0.05) is 158 Å². The predicted molar refractivity (Wildman–Crippen MR) is 221 cm³/mol. The van der Waals surface area contributed by atoms with Gasteiger partial charge in [0.1, 0.15) is 0 Å². The van der Waals surface area contributed by atoms with Crippen LogP contribution in [0.25, 0.3) is 32.7 Å². The van der Waals surface area contributed by atoms with Gasteiger partial charge < -0.3 is 9.80 Å². The normalized spacial score (nSPS) is 13.9. The number of anilines is 5. The third kappa shape index (κ3) is 6.05. The molecule has 0 radical (unpaired) electrons. The highest BCUT2D eigenvalue weighted by atomic mass is 15.2. The monoisotopic (exact) mass is 666 g/mol. The van der Waals surface area contributed by atoms with Crippen LogP contribution in [0.4, 0.5) is 28.4 Å². The van der Waals surface area contributed by atoms with Crippen LogP contribution in [0.3, 0.4) is 0 Å². The fourth-order valence-corrected chi connectivity index (χ4v) is 7.56. The number of fused-ring (bicyclic) bond motifs is 2. The van der Waals surface area contributed by atoms with E-state index in [9.17, 15) is 0 Å². The molecule has 9 rings (SSSR count). The van der Waals surface area contributed by atoms with Gasteiger partial charge >= 0.3 is 0 Å². The van der Waals surface area contributed by atoms with Gasteiger partial charge in [-0.15, -0.1) is 0 Å². The molecule has 1 unspecified atom stereocenters. The number of hydrogen-bond donors (Lipinski definition) is 0. The van der Waals surface area contributed by atoms with Gasteiger partial charge in [0.2, 0.25) is 0 Å². The first-order valence-electron chi connectivity index (χ1n) is 18.0. The summed E-state index contributed by atoms with van der Waals surface area (Å²) >= 11 is 0. The topological polar surface area (TPSA) is 6.48 Å². The second kappa shape index (κ2) is 13.9. The highest BCUT2D eigenvalue weighted by Crippen LogP contribution is 2.41. The number of hydrogen-bond acceptors (Lipinski definition) is 2. The Balaban J connectivity index is 0.967. The first-order valence-corrected chi connectivity index (χ1v) is 18.0. The molecular weight excluding hydrogens is 629 g/mol. The van der Waals surface area contributed by atoms with Crippen LogP contribution < -0.4 is 9.80 Å². The van der Waals surface area contributed by atoms with Crippen LogP contribution in [0.1, 0.15) is 17.9 Å². The molecule has 0 aliphatic heterocycles. The van der Waals surface area contributed by atoms with Crippen molar-refractivity contribution in [3.8, 4) is 11.1 Å². The standard InChI is InChI=1S/C50H38N2/c1-3-17-43(18-4-1)51(49-23-11-15-41-13-7-9-21-47(41)49)45-33-29-39(30-34-45)37-25-27-38(28-26-37)40-31-35-46(36-32-40)52(44-19-5-2-6-20-44)50-24-12-16-42-14-8-10-22-48(42)50/h1-31,33-36,40H,32H2. The lowest BCUT2D eigenvalue weighted by atomic mass is 9.90. The molecule has 52 heavy (non-hydrogen) atoms. The van der Waals surface area contributed by atoms with E-state index in [-0.39, 0.29) is 0 Å². The quantitative estimate of drug-likeness (QED) is 0.159. The second-order valence-corrected chi connectivity index (χ2v) is 13.3. The molecular formula is C50H38N2. The van der Waals surface area contributed by atoms with E-state index >= 15 is 0 Å². The Morgan fingerprint density at radius 2 is 0.846 bits per heavy atom. The fraction of sp³-hybridized carbons (Fsp3) is 0.0400. The van der Waals surface area contributed by atoms with E-state index in [2.05, 4.69) is 222 Å². The molecule has 8 aromatic carbocycles. The van der Waals surface area contributed by atoms with Crippen molar-refractivity contribution < 1.29 is 0 Å². The summed E-state index contributed by atoms with van der Waals surface area (Å²) in [5.74, 6) is 0.324. The van der Waals surface area contributed by atoms with Crippen LogP contribution in [0, 0.1) is 0 Å². The van der Waals surface area contributed by atoms with Crippen molar-refractivity contribution >= 4 is 50.0 Å². The summed E-state index contributed by atoms with van der Waals surface area (Å²) in [6.07, 6.45) is 7.99. The number of benzene rings is 8. The smallest absolute Gasteiger partial charge is 0.0540 e. The summed E-state index contributed by atoms with van der Waals surface area (Å²) in [4.78, 5) is 4.74. The predicted octanol–water partition coefficient (Wildman–Crippen LogP) is 13.9. The van der Waals surface area contributed by atoms with Gasteiger partial charge in [0, 0.05) is 39.4 Å². The van der Waals surface area contributed by atoms with Gasteiger partial charge in [-0.05, 0) is 88.5 Å². The zero-order chi connectivity index (χ0) is 34.7. The average molecular weight is 667 g/mol. The maximum atomic E-state index is 2.39. The number of para-hydroxylation sites is 2. The van der Waals surface area contributed by atoms with Crippen LogP contribution in [-0.4, -0.2) is 0 Å². The molecule has 2 heteroatoms. The van der Waals surface area contributed by atoms with E-state index in [1.165, 1.54) is 55.3 Å². The molecule has 0 spiro atoms. The molecule has 2 nitrogen and oxygen atoms in total. The van der Waals surface area contributed by atoms with Crippen LogP contribution in [0.2, 0.25) is 0 Å². The molecule has 0 saturated carbocycles. The van der Waals surface area contributed by atoms with Gasteiger partial charge in [0.05, 0.1) is 11.4 Å². The van der Waals surface area contributed by atoms with Crippen molar-refractivity contribution in [3.05, 3.63) is 224 Å². The van der Waals surface area contributed by atoms with Crippen molar-refractivity contribution in [2.45, 2.75) is 12.3 Å². The van der Waals surface area contributed by atoms with E-state index in [4.69, 9.17) is 0 Å². The Labute approximate surface area is 305 Å². The molecule has 248 valence electrons. The number of nitrogens with zero attached hydrogens (tertiary/aromatic N) is 2. The minimum Gasteiger partial charge on any atom is -0.310 e. The Morgan fingerprint density at radius 1 is 0.385 bits per heavy atom. The number of rotatable bonds is 8. The van der Waals surface area contributed by atoms with Gasteiger partial charge in [0.25, 0.3) is 0 Å². The van der Waals surface area contributed by atoms with E-state index in [1.807, 2.05) is 0 Å². The summed E-state index contributed by atoms with van der Waals surface area (Å²) in [5, 5.41) is 4.95. The summed E-state index contributed by atoms with van der Waals surface area (Å²) < 4.78 is 0. The highest BCUT2D eigenvalue weighted by Gasteiger charge is 2.20. The lowest BCUT2D eigenvalue weighted by Crippen LogP contribution is -2.17. The lowest BCUT2D eigenvalue weighted by Gasteiger charge is -2.30. The zero-order valence-corrected chi connectivity index (χ0v) is 28.9. The third-order valence-corrected chi connectivity index (χ3v) is 10.2. The maximum Gasteiger partial charge on any atom is 0.0540 e. The molecule has 0 aromatic heterocycles. The molecule has 0 bridgehead atoms. The highest BCUT2D eigenvalue weighted by molar-refractivity contribution is 5.99. The van der Waals surface area contributed by atoms with Crippen molar-refractivity contribution in [1.29, 1.82) is 0 Å². The zero-order valence-electron chi connectivity index (χ0n) is 28.9. The lowest BCUT2D eigenvalue weighted by molar-refractivity contribution is 0.840. The van der Waals surface area contributed by atoms with Gasteiger partial charge in [-0.2, -0.15) is 0 Å². The van der Waals surface area contributed by atoms with E-state index in [1.54, 1.807) is 0 Å². The molecule has 1 aliphatic rings. The Hall–Kier alpha value is -6.64. The molecule has 0 saturated heterocycles. The van der Waals surface area contributed by atoms with Crippen molar-refractivity contribution in [2.75, 3.05) is 9.80 Å².